The van der Waals surface area contributed by atoms with E-state index >= 15 is 0 Å². The van der Waals surface area contributed by atoms with Crippen molar-refractivity contribution < 1.29 is 4.79 Å². The number of carbonyl (C=O) groups excluding carboxylic acids is 1. The second-order valence-corrected chi connectivity index (χ2v) is 7.99. The summed E-state index contributed by atoms with van der Waals surface area (Å²) in [6, 6.07) is 11.1. The molecule has 1 saturated carbocycles. The van der Waals surface area contributed by atoms with Crippen LogP contribution in [0.4, 0.5) is 5.69 Å². The van der Waals surface area contributed by atoms with Gasteiger partial charge in [0, 0.05) is 27.2 Å². The molecule has 0 bridgehead atoms. The monoisotopic (exact) mass is 386 g/mol. The van der Waals surface area contributed by atoms with Crippen LogP contribution in [0.5, 0.6) is 0 Å². The summed E-state index contributed by atoms with van der Waals surface area (Å²) in [7, 11) is 0. The summed E-state index contributed by atoms with van der Waals surface area (Å²) in [5, 5.41) is 15.1. The molecule has 1 aliphatic carbocycles. The van der Waals surface area contributed by atoms with Gasteiger partial charge in [-0.3, -0.25) is 14.6 Å². The van der Waals surface area contributed by atoms with Crippen LogP contribution in [0.1, 0.15) is 25.3 Å². The number of benzene rings is 2. The molecule has 0 spiro atoms. The smallest absolute Gasteiger partial charge is 0.228 e. The molecule has 5 nitrogen and oxygen atoms in total. The van der Waals surface area contributed by atoms with E-state index in [0.717, 1.165) is 46.2 Å². The molecule has 0 unspecified atom stereocenters. The Kier molecular flexibility index (Phi) is 4.42. The maximum atomic E-state index is 12.4. The highest BCUT2D eigenvalue weighted by Gasteiger charge is 2.40. The Bertz CT molecular complexity index is 996. The highest BCUT2D eigenvalue weighted by molar-refractivity contribution is 7.97. The topological polar surface area (TPSA) is 72.9 Å². The lowest BCUT2D eigenvalue weighted by atomic mass is 10.1. The van der Waals surface area contributed by atoms with E-state index in [9.17, 15) is 4.79 Å². The zero-order valence-corrected chi connectivity index (χ0v) is 15.9. The Morgan fingerprint density at radius 1 is 1.38 bits per heavy atom. The summed E-state index contributed by atoms with van der Waals surface area (Å²) >= 11 is 7.30. The lowest BCUT2D eigenvalue weighted by molar-refractivity contribution is -0.115. The number of fused-ring (bicyclic) bond motifs is 1. The van der Waals surface area contributed by atoms with E-state index in [1.54, 1.807) is 6.07 Å². The first-order valence-corrected chi connectivity index (χ1v) is 9.68. The third-order valence-electron chi connectivity index (χ3n) is 4.83. The van der Waals surface area contributed by atoms with Crippen LogP contribution in [-0.2, 0) is 16.8 Å². The highest BCUT2D eigenvalue weighted by atomic mass is 35.5. The predicted molar refractivity (Wildman–Crippen MR) is 106 cm³/mol. The van der Waals surface area contributed by atoms with Gasteiger partial charge in [-0.1, -0.05) is 29.8 Å². The Morgan fingerprint density at radius 2 is 2.15 bits per heavy atom. The molecule has 2 aromatic carbocycles. The van der Waals surface area contributed by atoms with E-state index in [0.29, 0.717) is 10.7 Å². The van der Waals surface area contributed by atoms with Crippen molar-refractivity contribution in [2.45, 2.75) is 36.6 Å². The average Bonchev–Trinajstić information content (AvgIpc) is 3.21. The number of nitrogens with two attached hydrogens (primary N) is 1. The largest absolute Gasteiger partial charge is 0.326 e. The summed E-state index contributed by atoms with van der Waals surface area (Å²) in [6.45, 7) is 2.19. The summed E-state index contributed by atoms with van der Waals surface area (Å²) < 4.78 is 2.02. The van der Waals surface area contributed by atoms with Gasteiger partial charge in [0.25, 0.3) is 0 Å². The van der Waals surface area contributed by atoms with Gasteiger partial charge in [0.2, 0.25) is 5.91 Å². The molecule has 0 radical (unpaired) electrons. The maximum Gasteiger partial charge on any atom is 0.228 e. The number of nitrogens with zero attached hydrogens (tertiary/aromatic N) is 2. The van der Waals surface area contributed by atoms with Crippen molar-refractivity contribution in [3.05, 3.63) is 53.2 Å². The van der Waals surface area contributed by atoms with Crippen molar-refractivity contribution in [3.63, 3.8) is 0 Å². The standard InChI is InChI=1S/C19H19ClN4OS/c1-19(6-7-19)24-11-14-16(23-24)9-13(10-17(14)26-21)22-18(25)8-12-4-2-3-5-15(12)20/h2-5,9-11H,6-8,21H2,1H3,(H,22,25). The molecule has 1 heterocycles. The molecule has 134 valence electrons. The summed E-state index contributed by atoms with van der Waals surface area (Å²) in [4.78, 5) is 13.3. The molecule has 0 atom stereocenters. The van der Waals surface area contributed by atoms with Gasteiger partial charge in [0.15, 0.2) is 0 Å². The molecule has 1 aliphatic rings. The van der Waals surface area contributed by atoms with Crippen molar-refractivity contribution in [3.8, 4) is 0 Å². The number of halogens is 1. The molecule has 1 aromatic heterocycles. The number of aromatic nitrogens is 2. The molecule has 26 heavy (non-hydrogen) atoms. The second-order valence-electron chi connectivity index (χ2n) is 6.91. The number of hydrogen-bond acceptors (Lipinski definition) is 4. The van der Waals surface area contributed by atoms with Gasteiger partial charge in [0.05, 0.1) is 17.5 Å². The Balaban J connectivity index is 1.60. The van der Waals surface area contributed by atoms with Gasteiger partial charge in [0.1, 0.15) is 0 Å². The molecule has 0 saturated heterocycles. The highest BCUT2D eigenvalue weighted by Crippen LogP contribution is 2.43. The van der Waals surface area contributed by atoms with Crippen molar-refractivity contribution in [1.82, 2.24) is 9.78 Å². The predicted octanol–water partition coefficient (Wildman–Crippen LogP) is 4.35. The van der Waals surface area contributed by atoms with Gasteiger partial charge in [-0.2, -0.15) is 5.10 Å². The van der Waals surface area contributed by atoms with Crippen molar-refractivity contribution in [2.24, 2.45) is 5.14 Å². The molecule has 7 heteroatoms. The lowest BCUT2D eigenvalue weighted by Gasteiger charge is -2.08. The molecule has 3 N–H and O–H groups in total. The molecule has 1 amide bonds. The third-order valence-corrected chi connectivity index (χ3v) is 5.79. The summed E-state index contributed by atoms with van der Waals surface area (Å²) in [6.07, 6.45) is 4.53. The van der Waals surface area contributed by atoms with E-state index < -0.39 is 0 Å². The van der Waals surface area contributed by atoms with Crippen LogP contribution in [-0.4, -0.2) is 15.7 Å². The fraction of sp³-hybridized carbons (Fsp3) is 0.263. The van der Waals surface area contributed by atoms with Crippen LogP contribution < -0.4 is 10.5 Å². The van der Waals surface area contributed by atoms with Crippen LogP contribution >= 0.6 is 23.5 Å². The van der Waals surface area contributed by atoms with E-state index in [-0.39, 0.29) is 17.9 Å². The van der Waals surface area contributed by atoms with Gasteiger partial charge in [-0.05, 0) is 55.5 Å². The first kappa shape index (κ1) is 17.4. The maximum absolute atomic E-state index is 12.4. The van der Waals surface area contributed by atoms with Crippen LogP contribution in [0.25, 0.3) is 10.9 Å². The zero-order chi connectivity index (χ0) is 18.3. The lowest BCUT2D eigenvalue weighted by Crippen LogP contribution is -2.14. The van der Waals surface area contributed by atoms with Crippen molar-refractivity contribution >= 4 is 46.0 Å². The fourth-order valence-electron chi connectivity index (χ4n) is 2.97. The fourth-order valence-corrected chi connectivity index (χ4v) is 3.65. The molecule has 3 aromatic rings. The van der Waals surface area contributed by atoms with E-state index in [1.165, 1.54) is 0 Å². The van der Waals surface area contributed by atoms with Crippen molar-refractivity contribution in [2.75, 3.05) is 5.32 Å². The number of nitrogens with one attached hydrogen (secondary N) is 1. The number of carbonyl (C=O) groups is 1. The summed E-state index contributed by atoms with van der Waals surface area (Å²) in [5.74, 6) is -0.126. The Hall–Kier alpha value is -2.02. The quantitative estimate of drug-likeness (QED) is 0.639. The Labute approximate surface area is 161 Å². The molecule has 4 rings (SSSR count). The molecular formula is C19H19ClN4OS. The normalized spacial score (nSPS) is 15.2. The average molecular weight is 387 g/mol. The molecular weight excluding hydrogens is 368 g/mol. The van der Waals surface area contributed by atoms with Crippen molar-refractivity contribution in [1.29, 1.82) is 0 Å². The Morgan fingerprint density at radius 3 is 2.85 bits per heavy atom. The van der Waals surface area contributed by atoms with Crippen LogP contribution in [0, 0.1) is 0 Å². The van der Waals surface area contributed by atoms with Gasteiger partial charge >= 0.3 is 0 Å². The zero-order valence-electron chi connectivity index (χ0n) is 14.3. The van der Waals surface area contributed by atoms with Crippen LogP contribution in [0.2, 0.25) is 5.02 Å². The minimum absolute atomic E-state index is 0.114. The van der Waals surface area contributed by atoms with Gasteiger partial charge in [-0.15, -0.1) is 0 Å². The number of hydrogen-bond donors (Lipinski definition) is 2. The van der Waals surface area contributed by atoms with Gasteiger partial charge < -0.3 is 5.32 Å². The van der Waals surface area contributed by atoms with Crippen LogP contribution in [0.3, 0.4) is 0 Å². The number of rotatable bonds is 5. The number of amides is 1. The van der Waals surface area contributed by atoms with Crippen LogP contribution in [0.15, 0.2) is 47.5 Å². The third kappa shape index (κ3) is 3.32. The van der Waals surface area contributed by atoms with Gasteiger partial charge in [-0.25, -0.2) is 0 Å². The first-order valence-electron chi connectivity index (χ1n) is 8.42. The second kappa shape index (κ2) is 6.61. The summed E-state index contributed by atoms with van der Waals surface area (Å²) in [5.41, 5.74) is 2.44. The van der Waals surface area contributed by atoms with E-state index in [1.807, 2.05) is 41.2 Å². The SMILES string of the molecule is CC1(n2cc3c(SN)cc(NC(=O)Cc4ccccc4Cl)cc3n2)CC1. The minimum Gasteiger partial charge on any atom is -0.326 e. The molecule has 1 fully saturated rings. The van der Waals surface area contributed by atoms with E-state index in [2.05, 4.69) is 12.2 Å². The number of anilines is 1. The first-order chi connectivity index (χ1) is 12.5. The minimum atomic E-state index is -0.126. The van der Waals surface area contributed by atoms with E-state index in [4.69, 9.17) is 21.8 Å². The molecule has 0 aliphatic heterocycles.